The van der Waals surface area contributed by atoms with Crippen molar-refractivity contribution in [3.8, 4) is 0 Å². The summed E-state index contributed by atoms with van der Waals surface area (Å²) in [6.07, 6.45) is 0.0337. The van der Waals surface area contributed by atoms with E-state index in [1.54, 1.807) is 12.1 Å². The van der Waals surface area contributed by atoms with E-state index in [0.29, 0.717) is 11.5 Å². The number of halogens is 1. The molecule has 2 unspecified atom stereocenters. The topological polar surface area (TPSA) is 46.2 Å². The molecule has 0 spiro atoms. The Morgan fingerprint density at radius 3 is 2.27 bits per heavy atom. The van der Waals surface area contributed by atoms with Crippen LogP contribution in [-0.4, -0.2) is 11.1 Å². The van der Waals surface area contributed by atoms with Crippen LogP contribution in [0.4, 0.5) is 4.39 Å². The summed E-state index contributed by atoms with van der Waals surface area (Å²) < 4.78 is 12.6. The van der Waals surface area contributed by atoms with Crippen molar-refractivity contribution < 1.29 is 9.50 Å². The molecular weight excluding hydrogens is 193 g/mol. The number of nitrogens with two attached hydrogens (primary N) is 1. The molecule has 3 N–H and O–H groups in total. The Morgan fingerprint density at radius 1 is 1.27 bits per heavy atom. The fraction of sp³-hybridized carbons (Fsp3) is 0.500. The summed E-state index contributed by atoms with van der Waals surface area (Å²) in [5, 5.41) is 9.88. The van der Waals surface area contributed by atoms with Crippen molar-refractivity contribution in [1.29, 1.82) is 0 Å². The number of rotatable bonds is 4. The fourth-order valence-electron chi connectivity index (χ4n) is 1.58. The van der Waals surface area contributed by atoms with E-state index in [4.69, 9.17) is 5.73 Å². The van der Waals surface area contributed by atoms with E-state index in [9.17, 15) is 9.50 Å². The lowest BCUT2D eigenvalue weighted by Gasteiger charge is -2.20. The maximum absolute atomic E-state index is 12.6. The Balaban J connectivity index is 2.67. The minimum Gasteiger partial charge on any atom is -0.387 e. The minimum atomic E-state index is -0.715. The Morgan fingerprint density at radius 2 is 1.80 bits per heavy atom. The lowest BCUT2D eigenvalue weighted by molar-refractivity contribution is 0.136. The van der Waals surface area contributed by atoms with Crippen molar-refractivity contribution in [3.63, 3.8) is 0 Å². The molecule has 84 valence electrons. The Labute approximate surface area is 89.9 Å². The van der Waals surface area contributed by atoms with E-state index in [-0.39, 0.29) is 11.9 Å². The molecule has 1 rings (SSSR count). The average Bonchev–Trinajstić information content (AvgIpc) is 2.17. The van der Waals surface area contributed by atoms with Crippen molar-refractivity contribution in [2.24, 2.45) is 11.7 Å². The second-order valence-electron chi connectivity index (χ2n) is 4.29. The van der Waals surface area contributed by atoms with Crippen LogP contribution < -0.4 is 5.73 Å². The van der Waals surface area contributed by atoms with E-state index in [2.05, 4.69) is 13.8 Å². The normalized spacial score (nSPS) is 15.3. The van der Waals surface area contributed by atoms with Gasteiger partial charge in [-0.05, 0) is 30.0 Å². The first-order valence-electron chi connectivity index (χ1n) is 5.20. The van der Waals surface area contributed by atoms with Crippen molar-refractivity contribution in [1.82, 2.24) is 0 Å². The van der Waals surface area contributed by atoms with Crippen molar-refractivity contribution in [2.45, 2.75) is 32.4 Å². The smallest absolute Gasteiger partial charge is 0.123 e. The summed E-state index contributed by atoms with van der Waals surface area (Å²) in [6, 6.07) is 5.51. The first kappa shape index (κ1) is 12.1. The van der Waals surface area contributed by atoms with E-state index >= 15 is 0 Å². The zero-order chi connectivity index (χ0) is 11.4. The van der Waals surface area contributed by atoms with Gasteiger partial charge in [-0.15, -0.1) is 0 Å². The molecule has 2 atom stereocenters. The highest BCUT2D eigenvalue weighted by molar-refractivity contribution is 5.19. The van der Waals surface area contributed by atoms with Gasteiger partial charge in [0, 0.05) is 6.04 Å². The second kappa shape index (κ2) is 5.24. The molecule has 1 aromatic rings. The molecule has 0 saturated carbocycles. The fourth-order valence-corrected chi connectivity index (χ4v) is 1.58. The SMILES string of the molecule is CC(C)CC(N)C(O)c1ccc(F)cc1. The number of hydrogen-bond acceptors (Lipinski definition) is 2. The van der Waals surface area contributed by atoms with Gasteiger partial charge >= 0.3 is 0 Å². The summed E-state index contributed by atoms with van der Waals surface area (Å²) in [6.45, 7) is 4.11. The highest BCUT2D eigenvalue weighted by Gasteiger charge is 2.17. The zero-order valence-corrected chi connectivity index (χ0v) is 9.15. The molecule has 0 aliphatic heterocycles. The van der Waals surface area contributed by atoms with Crippen molar-refractivity contribution in [2.75, 3.05) is 0 Å². The van der Waals surface area contributed by atoms with E-state index in [0.717, 1.165) is 6.42 Å². The number of aliphatic hydroxyl groups excluding tert-OH is 1. The largest absolute Gasteiger partial charge is 0.387 e. The molecule has 0 heterocycles. The van der Waals surface area contributed by atoms with E-state index in [1.165, 1.54) is 12.1 Å². The van der Waals surface area contributed by atoms with Crippen LogP contribution in [0.3, 0.4) is 0 Å². The Kier molecular flexibility index (Phi) is 4.24. The standard InChI is InChI=1S/C12H18FNO/c1-8(2)7-11(14)12(15)9-3-5-10(13)6-4-9/h3-6,8,11-12,15H,7,14H2,1-2H3. The average molecular weight is 211 g/mol. The molecule has 0 amide bonds. The summed E-state index contributed by atoms with van der Waals surface area (Å²) >= 11 is 0. The lowest BCUT2D eigenvalue weighted by Crippen LogP contribution is -2.29. The molecule has 0 bridgehead atoms. The van der Waals surface area contributed by atoms with E-state index < -0.39 is 6.10 Å². The zero-order valence-electron chi connectivity index (χ0n) is 9.15. The molecule has 0 aromatic heterocycles. The quantitative estimate of drug-likeness (QED) is 0.802. The Hall–Kier alpha value is -0.930. The maximum atomic E-state index is 12.6. The highest BCUT2D eigenvalue weighted by atomic mass is 19.1. The molecule has 0 fully saturated rings. The van der Waals surface area contributed by atoms with Gasteiger partial charge in [0.15, 0.2) is 0 Å². The van der Waals surface area contributed by atoms with Gasteiger partial charge < -0.3 is 10.8 Å². The van der Waals surface area contributed by atoms with Crippen LogP contribution >= 0.6 is 0 Å². The predicted octanol–water partition coefficient (Wildman–Crippen LogP) is 2.23. The van der Waals surface area contributed by atoms with Crippen LogP contribution in [0, 0.1) is 11.7 Å². The molecule has 15 heavy (non-hydrogen) atoms. The van der Waals surface area contributed by atoms with Gasteiger partial charge in [0.2, 0.25) is 0 Å². The number of aliphatic hydroxyl groups is 1. The van der Waals surface area contributed by atoms with Crippen LogP contribution in [0.1, 0.15) is 31.9 Å². The van der Waals surface area contributed by atoms with Crippen LogP contribution in [0.2, 0.25) is 0 Å². The van der Waals surface area contributed by atoms with Gasteiger partial charge in [0.25, 0.3) is 0 Å². The van der Waals surface area contributed by atoms with Gasteiger partial charge in [0.1, 0.15) is 5.82 Å². The van der Waals surface area contributed by atoms with Crippen LogP contribution in [0.5, 0.6) is 0 Å². The molecular formula is C12H18FNO. The predicted molar refractivity (Wildman–Crippen MR) is 58.8 cm³/mol. The third-order valence-electron chi connectivity index (χ3n) is 2.36. The van der Waals surface area contributed by atoms with Crippen LogP contribution in [0.15, 0.2) is 24.3 Å². The maximum Gasteiger partial charge on any atom is 0.123 e. The summed E-state index contributed by atoms with van der Waals surface area (Å²) in [5.41, 5.74) is 6.52. The first-order chi connectivity index (χ1) is 7.00. The number of benzene rings is 1. The molecule has 0 radical (unpaired) electrons. The molecule has 0 saturated heterocycles. The Bertz CT molecular complexity index is 297. The van der Waals surface area contributed by atoms with Gasteiger partial charge in [-0.25, -0.2) is 4.39 Å². The molecule has 0 aliphatic rings. The summed E-state index contributed by atoms with van der Waals surface area (Å²) in [4.78, 5) is 0. The molecule has 3 heteroatoms. The van der Waals surface area contributed by atoms with Gasteiger partial charge in [-0.2, -0.15) is 0 Å². The van der Waals surface area contributed by atoms with E-state index in [1.807, 2.05) is 0 Å². The third-order valence-corrected chi connectivity index (χ3v) is 2.36. The van der Waals surface area contributed by atoms with Crippen LogP contribution in [0.25, 0.3) is 0 Å². The van der Waals surface area contributed by atoms with Gasteiger partial charge in [-0.3, -0.25) is 0 Å². The van der Waals surface area contributed by atoms with Crippen molar-refractivity contribution in [3.05, 3.63) is 35.6 Å². The highest BCUT2D eigenvalue weighted by Crippen LogP contribution is 2.20. The molecule has 0 aliphatic carbocycles. The minimum absolute atomic E-state index is 0.296. The number of hydrogen-bond donors (Lipinski definition) is 2. The van der Waals surface area contributed by atoms with Crippen LogP contribution in [-0.2, 0) is 0 Å². The second-order valence-corrected chi connectivity index (χ2v) is 4.29. The third kappa shape index (κ3) is 3.61. The summed E-state index contributed by atoms with van der Waals surface area (Å²) in [7, 11) is 0. The van der Waals surface area contributed by atoms with Gasteiger partial charge in [0.05, 0.1) is 6.10 Å². The summed E-state index contributed by atoms with van der Waals surface area (Å²) in [5.74, 6) is 0.137. The molecule has 2 nitrogen and oxygen atoms in total. The first-order valence-corrected chi connectivity index (χ1v) is 5.20. The monoisotopic (exact) mass is 211 g/mol. The van der Waals surface area contributed by atoms with Crippen molar-refractivity contribution >= 4 is 0 Å². The van der Waals surface area contributed by atoms with Gasteiger partial charge in [-0.1, -0.05) is 26.0 Å². The lowest BCUT2D eigenvalue weighted by atomic mass is 9.95. The molecule has 1 aromatic carbocycles.